The number of hydrogen-bond acceptors (Lipinski definition) is 3. The van der Waals surface area contributed by atoms with Gasteiger partial charge < -0.3 is 14.6 Å². The van der Waals surface area contributed by atoms with Crippen molar-refractivity contribution in [3.05, 3.63) is 27.2 Å². The van der Waals surface area contributed by atoms with Crippen LogP contribution >= 0.6 is 15.9 Å². The van der Waals surface area contributed by atoms with Crippen LogP contribution in [0.5, 0.6) is 5.75 Å². The van der Waals surface area contributed by atoms with E-state index in [4.69, 9.17) is 9.47 Å². The van der Waals surface area contributed by atoms with Gasteiger partial charge in [-0.05, 0) is 50.8 Å². The van der Waals surface area contributed by atoms with Gasteiger partial charge in [-0.25, -0.2) is 0 Å². The van der Waals surface area contributed by atoms with Gasteiger partial charge in [0.15, 0.2) is 0 Å². The van der Waals surface area contributed by atoms with Crippen molar-refractivity contribution < 1.29 is 14.6 Å². The molecule has 1 heterocycles. The van der Waals surface area contributed by atoms with Gasteiger partial charge in [0.05, 0.1) is 12.7 Å². The summed E-state index contributed by atoms with van der Waals surface area (Å²) in [6, 6.07) is 2.02. The Bertz CT molecular complexity index is 479. The molecule has 19 heavy (non-hydrogen) atoms. The maximum absolute atomic E-state index is 10.8. The Morgan fingerprint density at radius 2 is 2.16 bits per heavy atom. The number of aryl methyl sites for hydroxylation is 1. The lowest BCUT2D eigenvalue weighted by molar-refractivity contribution is -0.0805. The second kappa shape index (κ2) is 5.43. The molecule has 3 nitrogen and oxygen atoms in total. The third kappa shape index (κ3) is 2.54. The van der Waals surface area contributed by atoms with Gasteiger partial charge in [0.1, 0.15) is 11.9 Å². The number of ether oxygens (including phenoxy) is 2. The van der Waals surface area contributed by atoms with E-state index >= 15 is 0 Å². The van der Waals surface area contributed by atoms with Gasteiger partial charge in [-0.1, -0.05) is 15.9 Å². The molecule has 4 heteroatoms. The molecule has 1 aromatic carbocycles. The second-order valence-electron chi connectivity index (χ2n) is 5.41. The van der Waals surface area contributed by atoms with Crippen LogP contribution in [0.1, 0.15) is 42.6 Å². The maximum atomic E-state index is 10.8. The molecule has 0 aromatic heterocycles. The van der Waals surface area contributed by atoms with Gasteiger partial charge in [-0.2, -0.15) is 0 Å². The van der Waals surface area contributed by atoms with Crippen LogP contribution in [-0.4, -0.2) is 24.4 Å². The highest BCUT2D eigenvalue weighted by atomic mass is 79.9. The zero-order valence-electron chi connectivity index (χ0n) is 11.9. The van der Waals surface area contributed by atoms with Crippen molar-refractivity contribution in [2.24, 2.45) is 0 Å². The van der Waals surface area contributed by atoms with Crippen LogP contribution in [0, 0.1) is 13.8 Å². The van der Waals surface area contributed by atoms with Crippen molar-refractivity contribution in [1.29, 1.82) is 0 Å². The van der Waals surface area contributed by atoms with Crippen molar-refractivity contribution in [1.82, 2.24) is 0 Å². The normalized spacial score (nSPS) is 24.5. The largest absolute Gasteiger partial charge is 0.496 e. The number of halogens is 1. The third-order valence-electron chi connectivity index (χ3n) is 4.01. The lowest BCUT2D eigenvalue weighted by Gasteiger charge is -2.32. The molecule has 1 aromatic rings. The molecule has 2 rings (SSSR count). The summed E-state index contributed by atoms with van der Waals surface area (Å²) < 4.78 is 12.3. The molecule has 0 radical (unpaired) electrons. The van der Waals surface area contributed by atoms with Crippen LogP contribution < -0.4 is 4.74 Å². The van der Waals surface area contributed by atoms with Gasteiger partial charge in [0, 0.05) is 16.6 Å². The van der Waals surface area contributed by atoms with E-state index in [2.05, 4.69) is 15.9 Å². The zero-order chi connectivity index (χ0) is 14.2. The predicted octanol–water partition coefficient (Wildman–Crippen LogP) is 3.68. The molecular formula is C15H21BrO3. The minimum Gasteiger partial charge on any atom is -0.496 e. The van der Waals surface area contributed by atoms with Crippen LogP contribution in [-0.2, 0) is 4.74 Å². The van der Waals surface area contributed by atoms with E-state index in [0.717, 1.165) is 39.8 Å². The molecule has 1 N–H and O–H groups in total. The molecule has 0 aliphatic carbocycles. The van der Waals surface area contributed by atoms with Crippen LogP contribution in [0.3, 0.4) is 0 Å². The maximum Gasteiger partial charge on any atom is 0.128 e. The first-order valence-electron chi connectivity index (χ1n) is 6.56. The molecule has 0 spiro atoms. The molecule has 106 valence electrons. The molecule has 2 unspecified atom stereocenters. The molecule has 1 saturated heterocycles. The second-order valence-corrected chi connectivity index (χ2v) is 6.27. The van der Waals surface area contributed by atoms with Gasteiger partial charge in [-0.15, -0.1) is 0 Å². The van der Waals surface area contributed by atoms with E-state index in [1.807, 2.05) is 26.8 Å². The summed E-state index contributed by atoms with van der Waals surface area (Å²) >= 11 is 3.55. The summed E-state index contributed by atoms with van der Waals surface area (Å²) in [5, 5.41) is 10.8. The number of methoxy groups -OCH3 is 1. The summed E-state index contributed by atoms with van der Waals surface area (Å²) in [6.07, 6.45) is 1.17. The van der Waals surface area contributed by atoms with E-state index < -0.39 is 11.7 Å². The number of benzene rings is 1. The van der Waals surface area contributed by atoms with Gasteiger partial charge in [0.2, 0.25) is 0 Å². The molecule has 0 bridgehead atoms. The van der Waals surface area contributed by atoms with Crippen LogP contribution in [0.25, 0.3) is 0 Å². The third-order valence-corrected chi connectivity index (χ3v) is 4.84. The SMILES string of the molecule is COc1c(C)cc(Br)c(C)c1C(O)C1(C)CCCO1. The standard InChI is InChI=1S/C15H21BrO3/c1-9-8-11(16)10(2)12(13(9)18-4)14(17)15(3)6-5-7-19-15/h8,14,17H,5-7H2,1-4H3. The van der Waals surface area contributed by atoms with Crippen molar-refractivity contribution >= 4 is 15.9 Å². The smallest absolute Gasteiger partial charge is 0.128 e. The fourth-order valence-corrected chi connectivity index (χ4v) is 3.35. The first-order valence-corrected chi connectivity index (χ1v) is 7.35. The summed E-state index contributed by atoms with van der Waals surface area (Å²) in [5.74, 6) is 0.755. The molecular weight excluding hydrogens is 308 g/mol. The minimum absolute atomic E-state index is 0.523. The first-order chi connectivity index (χ1) is 8.90. The Labute approximate surface area is 123 Å². The predicted molar refractivity (Wildman–Crippen MR) is 78.7 cm³/mol. The van der Waals surface area contributed by atoms with Gasteiger partial charge in [0.25, 0.3) is 0 Å². The zero-order valence-corrected chi connectivity index (χ0v) is 13.5. The average Bonchev–Trinajstić information content (AvgIpc) is 2.81. The first kappa shape index (κ1) is 14.8. The fourth-order valence-electron chi connectivity index (χ4n) is 2.80. The minimum atomic E-state index is -0.679. The lowest BCUT2D eigenvalue weighted by Crippen LogP contribution is -2.32. The van der Waals surface area contributed by atoms with Gasteiger partial charge >= 0.3 is 0 Å². The topological polar surface area (TPSA) is 38.7 Å². The van der Waals surface area contributed by atoms with E-state index in [9.17, 15) is 5.11 Å². The Balaban J connectivity index is 2.54. The Kier molecular flexibility index (Phi) is 4.23. The monoisotopic (exact) mass is 328 g/mol. The van der Waals surface area contributed by atoms with Crippen LogP contribution in [0.2, 0.25) is 0 Å². The van der Waals surface area contributed by atoms with E-state index in [0.29, 0.717) is 6.61 Å². The Morgan fingerprint density at radius 1 is 1.47 bits per heavy atom. The number of aliphatic hydroxyl groups excluding tert-OH is 1. The Hall–Kier alpha value is -0.580. The number of rotatable bonds is 3. The molecule has 1 aliphatic heterocycles. The van der Waals surface area contributed by atoms with Crippen molar-refractivity contribution in [3.63, 3.8) is 0 Å². The highest BCUT2D eigenvalue weighted by Gasteiger charge is 2.40. The molecule has 0 saturated carbocycles. The van der Waals surface area contributed by atoms with E-state index in [-0.39, 0.29) is 0 Å². The summed E-state index contributed by atoms with van der Waals surface area (Å²) in [5.41, 5.74) is 2.33. The van der Waals surface area contributed by atoms with Crippen molar-refractivity contribution in [3.8, 4) is 5.75 Å². The van der Waals surface area contributed by atoms with E-state index in [1.54, 1.807) is 7.11 Å². The quantitative estimate of drug-likeness (QED) is 0.919. The van der Waals surface area contributed by atoms with Crippen molar-refractivity contribution in [2.45, 2.75) is 45.3 Å². The van der Waals surface area contributed by atoms with Crippen LogP contribution in [0.15, 0.2) is 10.5 Å². The van der Waals surface area contributed by atoms with E-state index in [1.165, 1.54) is 0 Å². The summed E-state index contributed by atoms with van der Waals surface area (Å²) in [7, 11) is 1.64. The highest BCUT2D eigenvalue weighted by molar-refractivity contribution is 9.10. The Morgan fingerprint density at radius 3 is 2.68 bits per heavy atom. The highest BCUT2D eigenvalue weighted by Crippen LogP contribution is 2.44. The lowest BCUT2D eigenvalue weighted by atomic mass is 9.86. The number of hydrogen-bond donors (Lipinski definition) is 1. The molecule has 1 aliphatic rings. The van der Waals surface area contributed by atoms with Crippen molar-refractivity contribution in [2.75, 3.05) is 13.7 Å². The fraction of sp³-hybridized carbons (Fsp3) is 0.600. The molecule has 2 atom stereocenters. The molecule has 0 amide bonds. The molecule has 1 fully saturated rings. The number of aliphatic hydroxyl groups is 1. The summed E-state index contributed by atoms with van der Waals surface area (Å²) in [6.45, 7) is 6.65. The summed E-state index contributed by atoms with van der Waals surface area (Å²) in [4.78, 5) is 0. The van der Waals surface area contributed by atoms with Crippen LogP contribution in [0.4, 0.5) is 0 Å². The van der Waals surface area contributed by atoms with Gasteiger partial charge in [-0.3, -0.25) is 0 Å². The average molecular weight is 329 g/mol.